The van der Waals surface area contributed by atoms with Gasteiger partial charge in [0.15, 0.2) is 0 Å². The van der Waals surface area contributed by atoms with E-state index in [-0.39, 0.29) is 24.9 Å². The molecule has 0 saturated carbocycles. The second-order valence-electron chi connectivity index (χ2n) is 5.09. The molecule has 0 aliphatic heterocycles. The van der Waals surface area contributed by atoms with Crippen molar-refractivity contribution in [3.8, 4) is 11.5 Å². The van der Waals surface area contributed by atoms with E-state index < -0.39 is 17.5 Å². The first-order chi connectivity index (χ1) is 11.9. The molecule has 2 aromatic heterocycles. The number of ether oxygens (including phenoxy) is 1. The van der Waals surface area contributed by atoms with Crippen LogP contribution in [0.1, 0.15) is 11.1 Å². The molecule has 0 saturated heterocycles. The van der Waals surface area contributed by atoms with Crippen LogP contribution in [0.4, 0.5) is 13.2 Å². The molecule has 0 aliphatic carbocycles. The molecule has 0 amide bonds. The number of alkyl halides is 3. The van der Waals surface area contributed by atoms with Gasteiger partial charge in [-0.15, -0.1) is 0 Å². The molecule has 0 fully saturated rings. The van der Waals surface area contributed by atoms with Crippen molar-refractivity contribution < 1.29 is 22.4 Å². The Morgan fingerprint density at radius 3 is 2.64 bits per heavy atom. The second-order valence-corrected chi connectivity index (χ2v) is 5.09. The van der Waals surface area contributed by atoms with Crippen LogP contribution >= 0.6 is 0 Å². The van der Waals surface area contributed by atoms with Crippen LogP contribution in [-0.4, -0.2) is 14.7 Å². The Bertz CT molecular complexity index is 904. The summed E-state index contributed by atoms with van der Waals surface area (Å²) in [6.45, 7) is -0.0155. The highest BCUT2D eigenvalue weighted by Crippen LogP contribution is 2.30. The Morgan fingerprint density at radius 1 is 1.16 bits per heavy atom. The summed E-state index contributed by atoms with van der Waals surface area (Å²) in [7, 11) is 0. The molecule has 6 nitrogen and oxygen atoms in total. The highest BCUT2D eigenvalue weighted by atomic mass is 19.4. The monoisotopic (exact) mass is 351 g/mol. The normalized spacial score (nSPS) is 11.6. The Balaban J connectivity index is 1.81. The SMILES string of the molecule is O=c1onc(-c2cc(C(F)(F)F)ccn2)n1COCc1ccccc1. The van der Waals surface area contributed by atoms with Gasteiger partial charge in [0.1, 0.15) is 12.4 Å². The maximum Gasteiger partial charge on any atom is 0.443 e. The van der Waals surface area contributed by atoms with E-state index in [2.05, 4.69) is 14.7 Å². The third kappa shape index (κ3) is 3.94. The van der Waals surface area contributed by atoms with Gasteiger partial charge >= 0.3 is 11.9 Å². The van der Waals surface area contributed by atoms with Gasteiger partial charge in [0.2, 0.25) is 5.82 Å². The third-order valence-corrected chi connectivity index (χ3v) is 3.33. The Labute approximate surface area is 139 Å². The highest BCUT2D eigenvalue weighted by molar-refractivity contribution is 5.50. The number of hydrogen-bond donors (Lipinski definition) is 0. The topological polar surface area (TPSA) is 70.2 Å². The van der Waals surface area contributed by atoms with Gasteiger partial charge in [-0.05, 0) is 17.7 Å². The molecule has 2 heterocycles. The molecule has 0 aliphatic rings. The lowest BCUT2D eigenvalue weighted by atomic mass is 10.2. The van der Waals surface area contributed by atoms with Crippen molar-refractivity contribution in [2.45, 2.75) is 19.5 Å². The number of halogens is 3. The molecule has 0 unspecified atom stereocenters. The summed E-state index contributed by atoms with van der Waals surface area (Å²) in [5, 5.41) is 3.50. The van der Waals surface area contributed by atoms with Crippen molar-refractivity contribution in [3.63, 3.8) is 0 Å². The summed E-state index contributed by atoms with van der Waals surface area (Å²) in [6, 6.07) is 10.8. The fourth-order valence-corrected chi connectivity index (χ4v) is 2.12. The van der Waals surface area contributed by atoms with Crippen molar-refractivity contribution >= 4 is 0 Å². The molecule has 9 heteroatoms. The quantitative estimate of drug-likeness (QED) is 0.706. The van der Waals surface area contributed by atoms with Crippen molar-refractivity contribution in [1.29, 1.82) is 0 Å². The first-order valence-electron chi connectivity index (χ1n) is 7.17. The molecule has 25 heavy (non-hydrogen) atoms. The molecule has 0 radical (unpaired) electrons. The van der Waals surface area contributed by atoms with Gasteiger partial charge in [-0.1, -0.05) is 35.5 Å². The molecule has 3 aromatic rings. The average molecular weight is 351 g/mol. The van der Waals surface area contributed by atoms with Gasteiger partial charge in [-0.2, -0.15) is 13.2 Å². The van der Waals surface area contributed by atoms with Gasteiger partial charge in [0.25, 0.3) is 0 Å². The Kier molecular flexibility index (Phi) is 4.66. The number of hydrogen-bond acceptors (Lipinski definition) is 5. The number of pyridine rings is 1. The highest BCUT2D eigenvalue weighted by Gasteiger charge is 2.31. The summed E-state index contributed by atoms with van der Waals surface area (Å²) in [5.74, 6) is -0.980. The first kappa shape index (κ1) is 16.9. The van der Waals surface area contributed by atoms with Gasteiger partial charge in [-0.25, -0.2) is 9.36 Å². The van der Waals surface area contributed by atoms with E-state index in [9.17, 15) is 18.0 Å². The predicted molar refractivity (Wildman–Crippen MR) is 80.2 cm³/mol. The van der Waals surface area contributed by atoms with E-state index in [0.29, 0.717) is 0 Å². The molecule has 3 rings (SSSR count). The second kappa shape index (κ2) is 6.89. The molecule has 1 aromatic carbocycles. The maximum atomic E-state index is 12.8. The predicted octanol–water partition coefficient (Wildman–Crippen LogP) is 3.09. The minimum atomic E-state index is -4.53. The van der Waals surface area contributed by atoms with Gasteiger partial charge in [0, 0.05) is 6.20 Å². The standard InChI is InChI=1S/C16H12F3N3O3/c17-16(18,19)12-6-7-20-13(8-12)14-21-25-15(23)22(14)10-24-9-11-4-2-1-3-5-11/h1-8H,9-10H2. The van der Waals surface area contributed by atoms with Crippen LogP contribution < -0.4 is 5.76 Å². The smallest absolute Gasteiger partial charge is 0.356 e. The van der Waals surface area contributed by atoms with Crippen molar-refractivity contribution in [1.82, 2.24) is 14.7 Å². The number of benzene rings is 1. The first-order valence-corrected chi connectivity index (χ1v) is 7.17. The van der Waals surface area contributed by atoms with E-state index in [1.807, 2.05) is 30.3 Å². The van der Waals surface area contributed by atoms with Crippen LogP contribution in [0.25, 0.3) is 11.5 Å². The summed E-state index contributed by atoms with van der Waals surface area (Å²) in [6.07, 6.45) is -3.54. The fourth-order valence-electron chi connectivity index (χ4n) is 2.12. The van der Waals surface area contributed by atoms with E-state index in [4.69, 9.17) is 4.74 Å². The van der Waals surface area contributed by atoms with Gasteiger partial charge in [0.05, 0.1) is 12.2 Å². The largest absolute Gasteiger partial charge is 0.443 e. The molecule has 0 N–H and O–H groups in total. The molecular formula is C16H12F3N3O3. The van der Waals surface area contributed by atoms with Crippen molar-refractivity contribution in [2.75, 3.05) is 0 Å². The van der Waals surface area contributed by atoms with Gasteiger partial charge in [-0.3, -0.25) is 9.51 Å². The maximum absolute atomic E-state index is 12.8. The molecule has 0 atom stereocenters. The van der Waals surface area contributed by atoms with E-state index >= 15 is 0 Å². The molecule has 0 bridgehead atoms. The van der Waals surface area contributed by atoms with Gasteiger partial charge < -0.3 is 4.74 Å². The van der Waals surface area contributed by atoms with Crippen LogP contribution in [0.5, 0.6) is 0 Å². The number of aromatic nitrogens is 3. The Hall–Kier alpha value is -2.94. The van der Waals surface area contributed by atoms with E-state index in [1.165, 1.54) is 0 Å². The fraction of sp³-hybridized carbons (Fsp3) is 0.188. The van der Waals surface area contributed by atoms with Crippen molar-refractivity contribution in [3.05, 3.63) is 70.3 Å². The van der Waals surface area contributed by atoms with Crippen LogP contribution in [0.3, 0.4) is 0 Å². The van der Waals surface area contributed by atoms with Crippen molar-refractivity contribution in [2.24, 2.45) is 0 Å². The lowest BCUT2D eigenvalue weighted by molar-refractivity contribution is -0.137. The average Bonchev–Trinajstić information content (AvgIpc) is 2.96. The number of rotatable bonds is 5. The summed E-state index contributed by atoms with van der Waals surface area (Å²) >= 11 is 0. The molecule has 0 spiro atoms. The van der Waals surface area contributed by atoms with Crippen LogP contribution in [0.15, 0.2) is 58.0 Å². The number of nitrogens with zero attached hydrogens (tertiary/aromatic N) is 3. The van der Waals surface area contributed by atoms with Crippen LogP contribution in [-0.2, 0) is 24.3 Å². The third-order valence-electron chi connectivity index (χ3n) is 3.33. The molecular weight excluding hydrogens is 339 g/mol. The lowest BCUT2D eigenvalue weighted by Crippen LogP contribution is -2.18. The minimum absolute atomic E-state index is 0.135. The zero-order valence-electron chi connectivity index (χ0n) is 12.7. The zero-order chi connectivity index (χ0) is 17.9. The summed E-state index contributed by atoms with van der Waals surface area (Å²) < 4.78 is 49.4. The molecule has 130 valence electrons. The zero-order valence-corrected chi connectivity index (χ0v) is 12.7. The van der Waals surface area contributed by atoms with Crippen LogP contribution in [0.2, 0.25) is 0 Å². The van der Waals surface area contributed by atoms with E-state index in [1.54, 1.807) is 0 Å². The Morgan fingerprint density at radius 2 is 1.92 bits per heavy atom. The van der Waals surface area contributed by atoms with Crippen LogP contribution in [0, 0.1) is 0 Å². The lowest BCUT2D eigenvalue weighted by Gasteiger charge is -2.08. The summed E-state index contributed by atoms with van der Waals surface area (Å²) in [4.78, 5) is 15.6. The van der Waals surface area contributed by atoms with E-state index in [0.717, 1.165) is 28.5 Å². The minimum Gasteiger partial charge on any atom is -0.356 e. The summed E-state index contributed by atoms with van der Waals surface area (Å²) in [5.41, 5.74) is -0.153.